The zero-order valence-corrected chi connectivity index (χ0v) is 16.3. The molecule has 2 aromatic carbocycles. The maximum atomic E-state index is 10.8. The molecule has 6 nitrogen and oxygen atoms in total. The summed E-state index contributed by atoms with van der Waals surface area (Å²) in [5, 5.41) is 21.6. The molecule has 2 unspecified atom stereocenters. The van der Waals surface area contributed by atoms with Crippen LogP contribution in [0.1, 0.15) is 23.7 Å². The monoisotopic (exact) mass is 426 g/mol. The van der Waals surface area contributed by atoms with Gasteiger partial charge in [0.25, 0.3) is 0 Å². The van der Waals surface area contributed by atoms with E-state index in [1.807, 2.05) is 6.07 Å². The first-order valence-corrected chi connectivity index (χ1v) is 9.68. The van der Waals surface area contributed by atoms with Crippen molar-refractivity contribution in [2.24, 2.45) is 0 Å². The number of aliphatic hydroxyl groups excluding tert-OH is 2. The van der Waals surface area contributed by atoms with Crippen LogP contribution in [0.5, 0.6) is 0 Å². The van der Waals surface area contributed by atoms with Gasteiger partial charge in [-0.1, -0.05) is 47.5 Å². The first-order valence-electron chi connectivity index (χ1n) is 8.93. The number of ether oxygens (including phenoxy) is 4. The van der Waals surface area contributed by atoms with Crippen molar-refractivity contribution in [3.8, 4) is 0 Å². The standard InChI is InChI=1S/C20H20Cl2O6/c21-13-5-1-3-11(7-13)19-25-10-16-18(17(24)15(9-23)26-19)28-20(27-16)12-4-2-6-14(22)8-12/h1-8,15-20,23-24H,9-10H2/t15-,16+,17-,18-,19?,20?/m0/s1. The molecular formula is C20H20Cl2O6. The highest BCUT2D eigenvalue weighted by atomic mass is 35.5. The van der Waals surface area contributed by atoms with E-state index < -0.39 is 43.6 Å². The Labute approximate surface area is 172 Å². The number of benzene rings is 2. The molecular weight excluding hydrogens is 407 g/mol. The minimum Gasteiger partial charge on any atom is -0.394 e. The largest absolute Gasteiger partial charge is 0.394 e. The van der Waals surface area contributed by atoms with E-state index >= 15 is 0 Å². The van der Waals surface area contributed by atoms with Crippen LogP contribution < -0.4 is 0 Å². The highest BCUT2D eigenvalue weighted by molar-refractivity contribution is 6.30. The number of rotatable bonds is 3. The average Bonchev–Trinajstić information content (AvgIpc) is 3.10. The van der Waals surface area contributed by atoms with Crippen molar-refractivity contribution >= 4 is 23.2 Å². The van der Waals surface area contributed by atoms with Crippen LogP contribution in [0.15, 0.2) is 48.5 Å². The van der Waals surface area contributed by atoms with Gasteiger partial charge in [0.15, 0.2) is 12.6 Å². The van der Waals surface area contributed by atoms with E-state index in [2.05, 4.69) is 0 Å². The van der Waals surface area contributed by atoms with Crippen LogP contribution in [0.2, 0.25) is 10.0 Å². The molecule has 0 saturated carbocycles. The molecule has 0 aromatic heterocycles. The summed E-state index contributed by atoms with van der Waals surface area (Å²) < 4.78 is 23.6. The number of hydrogen-bond donors (Lipinski definition) is 2. The first kappa shape index (κ1) is 20.1. The zero-order valence-electron chi connectivity index (χ0n) is 14.8. The van der Waals surface area contributed by atoms with Crippen molar-refractivity contribution in [2.45, 2.75) is 37.0 Å². The Morgan fingerprint density at radius 2 is 1.54 bits per heavy atom. The normalized spacial score (nSPS) is 33.1. The summed E-state index contributed by atoms with van der Waals surface area (Å²) in [6.45, 7) is -0.274. The maximum absolute atomic E-state index is 10.8. The summed E-state index contributed by atoms with van der Waals surface area (Å²) in [5.41, 5.74) is 1.42. The van der Waals surface area contributed by atoms with Gasteiger partial charge in [0.2, 0.25) is 0 Å². The molecule has 2 fully saturated rings. The van der Waals surface area contributed by atoms with Gasteiger partial charge in [0.1, 0.15) is 24.4 Å². The molecule has 2 saturated heterocycles. The van der Waals surface area contributed by atoms with Gasteiger partial charge >= 0.3 is 0 Å². The second-order valence-corrected chi connectivity index (χ2v) is 7.60. The molecule has 2 aliphatic heterocycles. The SMILES string of the molecule is OC[C@@H]1OC(c2cccc(Cl)c2)OC[C@H]2OC(c3cccc(Cl)c3)O[C@@H]2[C@H]1O. The van der Waals surface area contributed by atoms with E-state index in [1.54, 1.807) is 42.5 Å². The highest BCUT2D eigenvalue weighted by Crippen LogP contribution is 2.38. The second-order valence-electron chi connectivity index (χ2n) is 6.73. The van der Waals surface area contributed by atoms with Crippen molar-refractivity contribution in [2.75, 3.05) is 13.2 Å². The van der Waals surface area contributed by atoms with E-state index in [9.17, 15) is 10.2 Å². The maximum Gasteiger partial charge on any atom is 0.185 e. The fourth-order valence-electron chi connectivity index (χ4n) is 3.39. The number of aliphatic hydroxyl groups is 2. The summed E-state index contributed by atoms with van der Waals surface area (Å²) in [7, 11) is 0. The number of halogens is 2. The molecule has 150 valence electrons. The summed E-state index contributed by atoms with van der Waals surface area (Å²) in [6, 6.07) is 14.2. The van der Waals surface area contributed by atoms with E-state index in [1.165, 1.54) is 0 Å². The Bertz CT molecular complexity index is 819. The van der Waals surface area contributed by atoms with Crippen molar-refractivity contribution in [1.82, 2.24) is 0 Å². The fraction of sp³-hybridized carbons (Fsp3) is 0.400. The van der Waals surface area contributed by atoms with Gasteiger partial charge < -0.3 is 29.2 Å². The van der Waals surface area contributed by atoms with Gasteiger partial charge in [-0.15, -0.1) is 0 Å². The lowest BCUT2D eigenvalue weighted by Gasteiger charge is -2.34. The molecule has 8 heteroatoms. The van der Waals surface area contributed by atoms with Crippen molar-refractivity contribution < 1.29 is 29.2 Å². The Kier molecular flexibility index (Phi) is 6.20. The van der Waals surface area contributed by atoms with Crippen LogP contribution in [-0.2, 0) is 18.9 Å². The molecule has 0 aliphatic carbocycles. The fourth-order valence-corrected chi connectivity index (χ4v) is 3.79. The Morgan fingerprint density at radius 1 is 0.893 bits per heavy atom. The molecule has 2 N–H and O–H groups in total. The van der Waals surface area contributed by atoms with Crippen LogP contribution in [0.25, 0.3) is 0 Å². The number of hydrogen-bond acceptors (Lipinski definition) is 6. The van der Waals surface area contributed by atoms with Crippen molar-refractivity contribution in [3.05, 3.63) is 69.7 Å². The summed E-state index contributed by atoms with van der Waals surface area (Å²) in [5.74, 6) is 0. The zero-order chi connectivity index (χ0) is 19.7. The predicted molar refractivity (Wildman–Crippen MR) is 102 cm³/mol. The molecule has 2 heterocycles. The molecule has 4 rings (SSSR count). The third kappa shape index (κ3) is 4.20. The van der Waals surface area contributed by atoms with Crippen LogP contribution in [0.4, 0.5) is 0 Å². The van der Waals surface area contributed by atoms with Gasteiger partial charge in [-0.3, -0.25) is 0 Å². The molecule has 6 atom stereocenters. The average molecular weight is 427 g/mol. The molecule has 0 radical (unpaired) electrons. The van der Waals surface area contributed by atoms with Crippen LogP contribution in [0.3, 0.4) is 0 Å². The minimum atomic E-state index is -1.11. The first-order chi connectivity index (χ1) is 13.5. The van der Waals surface area contributed by atoms with E-state index in [0.29, 0.717) is 15.6 Å². The molecule has 2 aromatic rings. The van der Waals surface area contributed by atoms with Gasteiger partial charge in [-0.25, -0.2) is 0 Å². The predicted octanol–water partition coefficient (Wildman–Crippen LogP) is 3.24. The third-order valence-corrected chi connectivity index (χ3v) is 5.27. The third-order valence-electron chi connectivity index (χ3n) is 4.79. The summed E-state index contributed by atoms with van der Waals surface area (Å²) in [6.07, 6.45) is -4.79. The molecule has 28 heavy (non-hydrogen) atoms. The van der Waals surface area contributed by atoms with E-state index in [-0.39, 0.29) is 6.61 Å². The molecule has 0 amide bonds. The Morgan fingerprint density at radius 3 is 2.14 bits per heavy atom. The van der Waals surface area contributed by atoms with E-state index in [4.69, 9.17) is 42.1 Å². The van der Waals surface area contributed by atoms with Gasteiger partial charge in [0.05, 0.1) is 13.2 Å². The quantitative estimate of drug-likeness (QED) is 0.784. The highest BCUT2D eigenvalue weighted by Gasteiger charge is 2.46. The number of fused-ring (bicyclic) bond motifs is 1. The van der Waals surface area contributed by atoms with Gasteiger partial charge in [0, 0.05) is 21.2 Å². The van der Waals surface area contributed by atoms with Crippen molar-refractivity contribution in [3.63, 3.8) is 0 Å². The molecule has 0 spiro atoms. The van der Waals surface area contributed by atoms with Gasteiger partial charge in [-0.2, -0.15) is 0 Å². The van der Waals surface area contributed by atoms with Crippen LogP contribution in [-0.4, -0.2) is 47.8 Å². The van der Waals surface area contributed by atoms with Crippen LogP contribution in [0, 0.1) is 0 Å². The van der Waals surface area contributed by atoms with Crippen molar-refractivity contribution in [1.29, 1.82) is 0 Å². The van der Waals surface area contributed by atoms with E-state index in [0.717, 1.165) is 5.56 Å². The lowest BCUT2D eigenvalue weighted by molar-refractivity contribution is -0.241. The van der Waals surface area contributed by atoms with Gasteiger partial charge in [-0.05, 0) is 24.3 Å². The minimum absolute atomic E-state index is 0.133. The summed E-state index contributed by atoms with van der Waals surface area (Å²) >= 11 is 12.1. The Balaban J connectivity index is 1.56. The Hall–Kier alpha value is -1.22. The smallest absolute Gasteiger partial charge is 0.185 e. The topological polar surface area (TPSA) is 77.4 Å². The molecule has 0 bridgehead atoms. The lowest BCUT2D eigenvalue weighted by Crippen LogP contribution is -2.49. The second kappa shape index (κ2) is 8.65. The summed E-state index contributed by atoms with van der Waals surface area (Å²) in [4.78, 5) is 0. The lowest BCUT2D eigenvalue weighted by atomic mass is 10.0. The van der Waals surface area contributed by atoms with Crippen LogP contribution >= 0.6 is 23.2 Å². The molecule has 2 aliphatic rings.